The second kappa shape index (κ2) is 7.07. The molecule has 0 unspecified atom stereocenters. The summed E-state index contributed by atoms with van der Waals surface area (Å²) < 4.78 is 16.5. The van der Waals surface area contributed by atoms with Crippen molar-refractivity contribution in [2.75, 3.05) is 19.8 Å². The van der Waals surface area contributed by atoms with E-state index in [4.69, 9.17) is 14.2 Å². The summed E-state index contributed by atoms with van der Waals surface area (Å²) in [5.74, 6) is -0.424. The molecule has 0 N–H and O–H groups in total. The Kier molecular flexibility index (Phi) is 6.07. The second-order valence-corrected chi connectivity index (χ2v) is 7.89. The fourth-order valence-electron chi connectivity index (χ4n) is 2.48. The molecule has 0 radical (unpaired) electrons. The number of rotatable bonds is 4. The normalized spacial score (nSPS) is 22.1. The summed E-state index contributed by atoms with van der Waals surface area (Å²) in [5.41, 5.74) is -2.14. The maximum Gasteiger partial charge on any atom is 0.411 e. The lowest BCUT2D eigenvalue weighted by Gasteiger charge is -2.38. The highest BCUT2D eigenvalue weighted by atomic mass is 16.6. The number of hydrogen-bond acceptors (Lipinski definition) is 5. The molecule has 0 bridgehead atoms. The molecule has 6 nitrogen and oxygen atoms in total. The SMILES string of the molecule is CCOC(=O)[C@@]1(COC(C)(C)C)CCCN1C(=O)OC(C)(C)C. The maximum atomic E-state index is 12.6. The molecule has 0 aromatic heterocycles. The van der Waals surface area contributed by atoms with Crippen LogP contribution in [0, 0.1) is 0 Å². The highest BCUT2D eigenvalue weighted by Crippen LogP contribution is 2.34. The predicted molar refractivity (Wildman–Crippen MR) is 87.2 cm³/mol. The van der Waals surface area contributed by atoms with Crippen LogP contribution in [0.25, 0.3) is 0 Å². The van der Waals surface area contributed by atoms with Crippen LogP contribution in [0.15, 0.2) is 0 Å². The Morgan fingerprint density at radius 3 is 2.17 bits per heavy atom. The molecule has 1 aliphatic heterocycles. The molecule has 1 amide bonds. The molecule has 0 aliphatic carbocycles. The third-order valence-electron chi connectivity index (χ3n) is 3.50. The van der Waals surface area contributed by atoms with Gasteiger partial charge in [-0.15, -0.1) is 0 Å². The maximum absolute atomic E-state index is 12.6. The van der Waals surface area contributed by atoms with Gasteiger partial charge >= 0.3 is 12.1 Å². The van der Waals surface area contributed by atoms with E-state index in [0.717, 1.165) is 0 Å². The van der Waals surface area contributed by atoms with Crippen LogP contribution in [0.2, 0.25) is 0 Å². The first-order chi connectivity index (χ1) is 10.4. The van der Waals surface area contributed by atoms with Crippen LogP contribution in [-0.2, 0) is 19.0 Å². The van der Waals surface area contributed by atoms with E-state index < -0.39 is 28.8 Å². The summed E-state index contributed by atoms with van der Waals surface area (Å²) in [7, 11) is 0. The third kappa shape index (κ3) is 5.37. The fraction of sp³-hybridized carbons (Fsp3) is 0.882. The van der Waals surface area contributed by atoms with Crippen molar-refractivity contribution in [1.29, 1.82) is 0 Å². The molecule has 1 atom stereocenters. The van der Waals surface area contributed by atoms with Crippen LogP contribution < -0.4 is 0 Å². The molecule has 23 heavy (non-hydrogen) atoms. The Hall–Kier alpha value is -1.30. The van der Waals surface area contributed by atoms with Crippen LogP contribution in [-0.4, -0.2) is 53.5 Å². The van der Waals surface area contributed by atoms with Crippen molar-refractivity contribution < 1.29 is 23.8 Å². The Balaban J connectivity index is 3.05. The average Bonchev–Trinajstić information content (AvgIpc) is 2.79. The molecule has 1 aliphatic rings. The van der Waals surface area contributed by atoms with Gasteiger partial charge in [-0.3, -0.25) is 4.90 Å². The number of nitrogens with zero attached hydrogens (tertiary/aromatic N) is 1. The summed E-state index contributed by atoms with van der Waals surface area (Å²) in [6.45, 7) is 13.7. The van der Waals surface area contributed by atoms with E-state index in [1.165, 1.54) is 4.90 Å². The lowest BCUT2D eigenvalue weighted by Crippen LogP contribution is -2.58. The van der Waals surface area contributed by atoms with Gasteiger partial charge in [-0.05, 0) is 61.3 Å². The third-order valence-corrected chi connectivity index (χ3v) is 3.50. The van der Waals surface area contributed by atoms with Gasteiger partial charge in [-0.2, -0.15) is 0 Å². The van der Waals surface area contributed by atoms with Crippen LogP contribution in [0.5, 0.6) is 0 Å². The summed E-state index contributed by atoms with van der Waals surface area (Å²) in [6, 6.07) is 0. The molecule has 1 fully saturated rings. The molecule has 0 spiro atoms. The Labute approximate surface area is 139 Å². The van der Waals surface area contributed by atoms with E-state index in [-0.39, 0.29) is 13.2 Å². The van der Waals surface area contributed by atoms with E-state index >= 15 is 0 Å². The number of amides is 1. The molecule has 6 heteroatoms. The molecule has 1 rings (SSSR count). The zero-order chi connectivity index (χ0) is 17.9. The second-order valence-electron chi connectivity index (χ2n) is 7.89. The van der Waals surface area contributed by atoms with Gasteiger partial charge in [0.1, 0.15) is 5.60 Å². The molecule has 1 saturated heterocycles. The standard InChI is InChI=1S/C17H31NO5/c1-8-21-13(19)17(12-22-15(2,3)4)10-9-11-18(17)14(20)23-16(5,6)7/h8-12H2,1-7H3/t17-/m0/s1. The van der Waals surface area contributed by atoms with E-state index in [0.29, 0.717) is 19.4 Å². The van der Waals surface area contributed by atoms with E-state index in [2.05, 4.69) is 0 Å². The van der Waals surface area contributed by atoms with Gasteiger partial charge < -0.3 is 14.2 Å². The summed E-state index contributed by atoms with van der Waals surface area (Å²) in [4.78, 5) is 26.6. The van der Waals surface area contributed by atoms with Crippen molar-refractivity contribution in [3.63, 3.8) is 0 Å². The highest BCUT2D eigenvalue weighted by molar-refractivity contribution is 5.87. The number of carbonyl (C=O) groups is 2. The minimum Gasteiger partial charge on any atom is -0.464 e. The van der Waals surface area contributed by atoms with Crippen molar-refractivity contribution >= 4 is 12.1 Å². The van der Waals surface area contributed by atoms with Crippen molar-refractivity contribution in [3.8, 4) is 0 Å². The minimum absolute atomic E-state index is 0.106. The van der Waals surface area contributed by atoms with Gasteiger partial charge in [-0.25, -0.2) is 9.59 Å². The van der Waals surface area contributed by atoms with Crippen molar-refractivity contribution in [2.24, 2.45) is 0 Å². The van der Waals surface area contributed by atoms with Gasteiger partial charge in [0.25, 0.3) is 0 Å². The lowest BCUT2D eigenvalue weighted by atomic mass is 9.97. The minimum atomic E-state index is -1.11. The quantitative estimate of drug-likeness (QED) is 0.741. The van der Waals surface area contributed by atoms with Gasteiger partial charge in [0.15, 0.2) is 5.54 Å². The summed E-state index contributed by atoms with van der Waals surface area (Å²) in [5, 5.41) is 0. The van der Waals surface area contributed by atoms with Crippen molar-refractivity contribution in [3.05, 3.63) is 0 Å². The zero-order valence-corrected chi connectivity index (χ0v) is 15.5. The lowest BCUT2D eigenvalue weighted by molar-refractivity contribution is -0.163. The Morgan fingerprint density at radius 1 is 1.09 bits per heavy atom. The number of carbonyl (C=O) groups excluding carboxylic acids is 2. The topological polar surface area (TPSA) is 65.1 Å². The number of hydrogen-bond donors (Lipinski definition) is 0. The Morgan fingerprint density at radius 2 is 1.70 bits per heavy atom. The summed E-state index contributed by atoms with van der Waals surface area (Å²) >= 11 is 0. The number of ether oxygens (including phenoxy) is 3. The van der Waals surface area contributed by atoms with Crippen molar-refractivity contribution in [2.45, 2.75) is 78.0 Å². The summed E-state index contributed by atoms with van der Waals surface area (Å²) in [6.07, 6.45) is 0.729. The van der Waals surface area contributed by atoms with Gasteiger partial charge in [-0.1, -0.05) is 0 Å². The molecular formula is C17H31NO5. The van der Waals surface area contributed by atoms with Crippen LogP contribution in [0.4, 0.5) is 4.79 Å². The van der Waals surface area contributed by atoms with Crippen LogP contribution in [0.3, 0.4) is 0 Å². The molecule has 0 saturated carbocycles. The fourth-order valence-corrected chi connectivity index (χ4v) is 2.48. The van der Waals surface area contributed by atoms with Crippen LogP contribution >= 0.6 is 0 Å². The molecular weight excluding hydrogens is 298 g/mol. The van der Waals surface area contributed by atoms with Crippen LogP contribution in [0.1, 0.15) is 61.3 Å². The predicted octanol–water partition coefficient (Wildman–Crippen LogP) is 3.13. The molecule has 134 valence electrons. The number of likely N-dealkylation sites (tertiary alicyclic amines) is 1. The van der Waals surface area contributed by atoms with E-state index in [1.54, 1.807) is 27.7 Å². The highest BCUT2D eigenvalue weighted by Gasteiger charge is 2.53. The van der Waals surface area contributed by atoms with Gasteiger partial charge in [0.2, 0.25) is 0 Å². The first-order valence-electron chi connectivity index (χ1n) is 8.23. The Bertz CT molecular complexity index is 435. The largest absolute Gasteiger partial charge is 0.464 e. The first-order valence-corrected chi connectivity index (χ1v) is 8.23. The zero-order valence-electron chi connectivity index (χ0n) is 15.5. The van der Waals surface area contributed by atoms with Gasteiger partial charge in [0.05, 0.1) is 18.8 Å². The molecule has 1 heterocycles. The number of esters is 1. The van der Waals surface area contributed by atoms with E-state index in [9.17, 15) is 9.59 Å². The van der Waals surface area contributed by atoms with Gasteiger partial charge in [0, 0.05) is 6.54 Å². The van der Waals surface area contributed by atoms with Crippen molar-refractivity contribution in [1.82, 2.24) is 4.90 Å². The molecule has 0 aromatic carbocycles. The molecule has 0 aromatic rings. The monoisotopic (exact) mass is 329 g/mol. The average molecular weight is 329 g/mol. The van der Waals surface area contributed by atoms with E-state index in [1.807, 2.05) is 20.8 Å². The smallest absolute Gasteiger partial charge is 0.411 e. The first kappa shape index (κ1) is 19.7.